The van der Waals surface area contributed by atoms with E-state index in [9.17, 15) is 9.50 Å². The molecule has 0 aliphatic carbocycles. The molecule has 0 unspecified atom stereocenters. The van der Waals surface area contributed by atoms with Gasteiger partial charge in [-0.05, 0) is 36.4 Å². The maximum absolute atomic E-state index is 13.8. The molecule has 0 atom stereocenters. The van der Waals surface area contributed by atoms with E-state index in [4.69, 9.17) is 27.9 Å². The first kappa shape index (κ1) is 19.8. The normalized spacial score (nSPS) is 10.7. The summed E-state index contributed by atoms with van der Waals surface area (Å²) in [6.45, 7) is 0.543. The van der Waals surface area contributed by atoms with Crippen molar-refractivity contribution in [2.75, 3.05) is 5.32 Å². The summed E-state index contributed by atoms with van der Waals surface area (Å²) < 4.78 is 20.5. The molecule has 0 heterocycles. The second-order valence-corrected chi connectivity index (χ2v) is 7.50. The summed E-state index contributed by atoms with van der Waals surface area (Å²) >= 11 is 15.3. The van der Waals surface area contributed by atoms with Gasteiger partial charge >= 0.3 is 0 Å². The van der Waals surface area contributed by atoms with E-state index in [0.29, 0.717) is 23.5 Å². The predicted octanol–water partition coefficient (Wildman–Crippen LogP) is 6.79. The highest BCUT2D eigenvalue weighted by atomic mass is 79.9. The van der Waals surface area contributed by atoms with Crippen molar-refractivity contribution in [3.63, 3.8) is 0 Å². The Morgan fingerprint density at radius 1 is 1.00 bits per heavy atom. The van der Waals surface area contributed by atoms with Gasteiger partial charge in [0, 0.05) is 27.8 Å². The average molecular weight is 471 g/mol. The summed E-state index contributed by atoms with van der Waals surface area (Å²) in [4.78, 5) is 0. The molecule has 0 saturated carbocycles. The zero-order valence-corrected chi connectivity index (χ0v) is 17.1. The zero-order chi connectivity index (χ0) is 19.4. The standard InChI is InChI=1S/C20H15BrCl2FNO2/c21-14-5-6-19(27-11-12-3-1-2-4-18(12)24)13(7-14)10-25-15-8-16(22)20(26)17(23)9-15/h1-9,25-26H,10-11H2. The number of nitrogens with one attached hydrogen (secondary N) is 1. The topological polar surface area (TPSA) is 41.5 Å². The second kappa shape index (κ2) is 8.83. The van der Waals surface area contributed by atoms with Gasteiger partial charge in [0.2, 0.25) is 0 Å². The summed E-state index contributed by atoms with van der Waals surface area (Å²) in [6.07, 6.45) is 0. The van der Waals surface area contributed by atoms with Crippen LogP contribution in [0.1, 0.15) is 11.1 Å². The number of phenolic OH excluding ortho intramolecular Hbond substituents is 1. The fourth-order valence-corrected chi connectivity index (χ4v) is 3.36. The van der Waals surface area contributed by atoms with Crippen LogP contribution in [-0.2, 0) is 13.2 Å². The first-order valence-corrected chi connectivity index (χ1v) is 9.55. The molecule has 3 aromatic carbocycles. The average Bonchev–Trinajstić information content (AvgIpc) is 2.64. The molecule has 27 heavy (non-hydrogen) atoms. The minimum absolute atomic E-state index is 0.123. The molecular weight excluding hydrogens is 456 g/mol. The van der Waals surface area contributed by atoms with Gasteiger partial charge in [0.1, 0.15) is 18.2 Å². The van der Waals surface area contributed by atoms with Gasteiger partial charge < -0.3 is 15.2 Å². The SMILES string of the molecule is Oc1c(Cl)cc(NCc2cc(Br)ccc2OCc2ccccc2F)cc1Cl. The Morgan fingerprint density at radius 2 is 1.70 bits per heavy atom. The van der Waals surface area contributed by atoms with Crippen molar-refractivity contribution in [1.29, 1.82) is 0 Å². The minimum Gasteiger partial charge on any atom is -0.505 e. The minimum atomic E-state index is -0.303. The van der Waals surface area contributed by atoms with Crippen LogP contribution < -0.4 is 10.1 Å². The van der Waals surface area contributed by atoms with Gasteiger partial charge in [-0.15, -0.1) is 0 Å². The number of aromatic hydroxyl groups is 1. The monoisotopic (exact) mass is 469 g/mol. The molecule has 140 valence electrons. The Morgan fingerprint density at radius 3 is 2.41 bits per heavy atom. The Kier molecular flexibility index (Phi) is 6.47. The summed E-state index contributed by atoms with van der Waals surface area (Å²) in [5.41, 5.74) is 2.00. The molecule has 3 rings (SSSR count). The largest absolute Gasteiger partial charge is 0.505 e. The van der Waals surface area contributed by atoms with Crippen LogP contribution in [0, 0.1) is 5.82 Å². The number of halogens is 4. The molecular formula is C20H15BrCl2FNO2. The third kappa shape index (κ3) is 5.06. The number of anilines is 1. The first-order valence-electron chi connectivity index (χ1n) is 8.00. The lowest BCUT2D eigenvalue weighted by molar-refractivity contribution is 0.297. The van der Waals surface area contributed by atoms with Gasteiger partial charge in [0.15, 0.2) is 5.75 Å². The lowest BCUT2D eigenvalue weighted by atomic mass is 10.2. The van der Waals surface area contributed by atoms with Crippen LogP contribution in [0.25, 0.3) is 0 Å². The smallest absolute Gasteiger partial charge is 0.152 e. The molecule has 0 amide bonds. The van der Waals surface area contributed by atoms with E-state index in [0.717, 1.165) is 10.0 Å². The summed E-state index contributed by atoms with van der Waals surface area (Å²) in [7, 11) is 0. The maximum atomic E-state index is 13.8. The van der Waals surface area contributed by atoms with E-state index in [1.165, 1.54) is 6.07 Å². The van der Waals surface area contributed by atoms with E-state index < -0.39 is 0 Å². The molecule has 0 bridgehead atoms. The number of phenols is 1. The van der Waals surface area contributed by atoms with Crippen LogP contribution in [0.15, 0.2) is 59.1 Å². The Bertz CT molecular complexity index is 945. The summed E-state index contributed by atoms with van der Waals surface area (Å²) in [5.74, 6) is 0.174. The highest BCUT2D eigenvalue weighted by Crippen LogP contribution is 2.35. The van der Waals surface area contributed by atoms with Gasteiger partial charge in [0.25, 0.3) is 0 Å². The fourth-order valence-electron chi connectivity index (χ4n) is 2.46. The number of benzene rings is 3. The van der Waals surface area contributed by atoms with E-state index in [-0.39, 0.29) is 28.2 Å². The second-order valence-electron chi connectivity index (χ2n) is 5.77. The molecule has 0 fully saturated rings. The van der Waals surface area contributed by atoms with Crippen molar-refractivity contribution < 1.29 is 14.2 Å². The molecule has 3 aromatic rings. The lowest BCUT2D eigenvalue weighted by Crippen LogP contribution is -2.05. The van der Waals surface area contributed by atoms with Crippen LogP contribution >= 0.6 is 39.1 Å². The van der Waals surface area contributed by atoms with Crippen molar-refractivity contribution >= 4 is 44.8 Å². The zero-order valence-electron chi connectivity index (χ0n) is 14.0. The van der Waals surface area contributed by atoms with Crippen molar-refractivity contribution in [2.24, 2.45) is 0 Å². The van der Waals surface area contributed by atoms with E-state index in [1.54, 1.807) is 30.3 Å². The van der Waals surface area contributed by atoms with Crippen molar-refractivity contribution in [3.05, 3.63) is 86.1 Å². The predicted molar refractivity (Wildman–Crippen MR) is 110 cm³/mol. The Hall–Kier alpha value is -1.95. The third-order valence-electron chi connectivity index (χ3n) is 3.86. The maximum Gasteiger partial charge on any atom is 0.152 e. The fraction of sp³-hybridized carbons (Fsp3) is 0.100. The van der Waals surface area contributed by atoms with Crippen LogP contribution in [-0.4, -0.2) is 5.11 Å². The molecule has 2 N–H and O–H groups in total. The molecule has 0 spiro atoms. The van der Waals surface area contributed by atoms with Crippen molar-refractivity contribution in [1.82, 2.24) is 0 Å². The van der Waals surface area contributed by atoms with E-state index in [1.807, 2.05) is 18.2 Å². The molecule has 7 heteroatoms. The third-order valence-corrected chi connectivity index (χ3v) is 4.93. The first-order chi connectivity index (χ1) is 12.9. The summed E-state index contributed by atoms with van der Waals surface area (Å²) in [6, 6.07) is 15.3. The molecule has 0 aliphatic heterocycles. The van der Waals surface area contributed by atoms with E-state index >= 15 is 0 Å². The van der Waals surface area contributed by atoms with Crippen molar-refractivity contribution in [3.8, 4) is 11.5 Å². The molecule has 0 radical (unpaired) electrons. The highest BCUT2D eigenvalue weighted by molar-refractivity contribution is 9.10. The Balaban J connectivity index is 1.75. The molecule has 0 saturated heterocycles. The number of rotatable bonds is 6. The summed E-state index contributed by atoms with van der Waals surface area (Å²) in [5, 5.41) is 13.2. The van der Waals surface area contributed by atoms with Crippen LogP contribution in [0.2, 0.25) is 10.0 Å². The van der Waals surface area contributed by atoms with Crippen LogP contribution in [0.5, 0.6) is 11.5 Å². The van der Waals surface area contributed by atoms with E-state index in [2.05, 4.69) is 21.2 Å². The number of ether oxygens (including phenoxy) is 1. The van der Waals surface area contributed by atoms with Gasteiger partial charge in [0.05, 0.1) is 10.0 Å². The number of hydrogen-bond acceptors (Lipinski definition) is 3. The van der Waals surface area contributed by atoms with Crippen LogP contribution in [0.4, 0.5) is 10.1 Å². The quantitative estimate of drug-likeness (QED) is 0.389. The molecule has 0 aromatic heterocycles. The van der Waals surface area contributed by atoms with Crippen LogP contribution in [0.3, 0.4) is 0 Å². The number of hydrogen-bond donors (Lipinski definition) is 2. The van der Waals surface area contributed by atoms with Gasteiger partial charge in [-0.2, -0.15) is 0 Å². The van der Waals surface area contributed by atoms with Crippen molar-refractivity contribution in [2.45, 2.75) is 13.2 Å². The Labute approximate surface area is 174 Å². The molecule has 3 nitrogen and oxygen atoms in total. The van der Waals surface area contributed by atoms with Gasteiger partial charge in [-0.3, -0.25) is 0 Å². The highest BCUT2D eigenvalue weighted by Gasteiger charge is 2.10. The lowest BCUT2D eigenvalue weighted by Gasteiger charge is -2.14. The van der Waals surface area contributed by atoms with Gasteiger partial charge in [-0.25, -0.2) is 4.39 Å². The molecule has 0 aliphatic rings. The van der Waals surface area contributed by atoms with Gasteiger partial charge in [-0.1, -0.05) is 57.3 Å².